The van der Waals surface area contributed by atoms with Gasteiger partial charge in [0.2, 0.25) is 0 Å². The molecule has 0 spiro atoms. The minimum Gasteiger partial charge on any atom is -0.550 e. The van der Waals surface area contributed by atoms with E-state index in [1.807, 2.05) is 0 Å². The van der Waals surface area contributed by atoms with Crippen molar-refractivity contribution in [3.8, 4) is 0 Å². The van der Waals surface area contributed by atoms with Crippen molar-refractivity contribution >= 4 is 23.9 Å². The molecule has 0 aromatic carbocycles. The van der Waals surface area contributed by atoms with Gasteiger partial charge in [-0.1, -0.05) is 0 Å². The molecule has 2 atom stereocenters. The van der Waals surface area contributed by atoms with Crippen molar-refractivity contribution in [2.45, 2.75) is 24.9 Å². The van der Waals surface area contributed by atoms with Crippen LogP contribution in [-0.4, -0.2) is 36.0 Å². The molecule has 4 N–H and O–H groups in total. The van der Waals surface area contributed by atoms with E-state index >= 15 is 0 Å². The quantitative estimate of drug-likeness (QED) is 0.419. The van der Waals surface area contributed by atoms with Crippen LogP contribution in [0, 0.1) is 0 Å². The van der Waals surface area contributed by atoms with Crippen molar-refractivity contribution in [2.75, 3.05) is 0 Å². The summed E-state index contributed by atoms with van der Waals surface area (Å²) in [5, 5.41) is 38.7. The molecule has 0 aliphatic carbocycles. The Morgan fingerprint density at radius 1 is 0.700 bits per heavy atom. The Hall–Kier alpha value is -1.16. The third-order valence-electron chi connectivity index (χ3n) is 1.38. The van der Waals surface area contributed by atoms with Gasteiger partial charge in [-0.15, -0.1) is 0 Å². The van der Waals surface area contributed by atoms with Crippen LogP contribution in [-0.2, 0) is 53.3 Å². The fourth-order valence-electron chi connectivity index (χ4n) is 0.526. The average molecular weight is 374 g/mol. The second kappa shape index (κ2) is 14.3. The zero-order valence-corrected chi connectivity index (χ0v) is 11.9. The van der Waals surface area contributed by atoms with Gasteiger partial charge in [0.15, 0.2) is 0 Å². The van der Waals surface area contributed by atoms with Gasteiger partial charge in [0.05, 0.1) is 11.9 Å². The van der Waals surface area contributed by atoms with Crippen LogP contribution in [0.15, 0.2) is 0 Å². The molecular weight excluding hydrogens is 364 g/mol. The van der Waals surface area contributed by atoms with Gasteiger partial charge in [0.25, 0.3) is 0 Å². The summed E-state index contributed by atoms with van der Waals surface area (Å²) in [6.45, 7) is 0. The van der Waals surface area contributed by atoms with E-state index in [0.717, 1.165) is 0 Å². The zero-order chi connectivity index (χ0) is 14.9. The first kappa shape index (κ1) is 27.2. The largest absolute Gasteiger partial charge is 2.00 e. The summed E-state index contributed by atoms with van der Waals surface area (Å²) in [4.78, 5) is 38.7. The number of rotatable bonds is 6. The molecule has 0 aromatic heterocycles. The predicted molar refractivity (Wildman–Crippen MR) is 45.2 cm³/mol. The van der Waals surface area contributed by atoms with E-state index in [4.69, 9.17) is 11.5 Å². The van der Waals surface area contributed by atoms with Crippen LogP contribution in [0.1, 0.15) is 12.8 Å². The van der Waals surface area contributed by atoms with Crippen LogP contribution in [0.2, 0.25) is 0 Å². The van der Waals surface area contributed by atoms with E-state index in [2.05, 4.69) is 0 Å². The topological polar surface area (TPSA) is 213 Å². The number of carbonyl (C=O) groups excluding carboxylic acids is 4. The molecule has 0 aliphatic rings. The van der Waals surface area contributed by atoms with Crippen LogP contribution in [0.25, 0.3) is 0 Å². The smallest absolute Gasteiger partial charge is 0.550 e. The summed E-state index contributed by atoms with van der Waals surface area (Å²) in [5.41, 5.74) is 9.47. The number of carboxylic acid groups (broad SMARTS) is 4. The number of hydrogen-bond donors (Lipinski definition) is 2. The number of aliphatic carboxylic acids is 4. The molecule has 20 heavy (non-hydrogen) atoms. The maximum atomic E-state index is 9.71. The van der Waals surface area contributed by atoms with Crippen LogP contribution in [0.4, 0.5) is 0 Å². The second-order valence-electron chi connectivity index (χ2n) is 3.00. The van der Waals surface area contributed by atoms with Crippen molar-refractivity contribution in [3.63, 3.8) is 0 Å². The molecule has 0 bridgehead atoms. The molecule has 12 heteroatoms. The van der Waals surface area contributed by atoms with Crippen LogP contribution in [0.5, 0.6) is 0 Å². The van der Waals surface area contributed by atoms with E-state index < -0.39 is 48.8 Å². The Labute approximate surface area is 134 Å². The average Bonchev–Trinajstić information content (AvgIpc) is 2.16. The molecule has 0 saturated carbocycles. The normalized spacial score (nSPS) is 11.3. The molecule has 0 radical (unpaired) electrons. The first-order valence-corrected chi connectivity index (χ1v) is 4.40. The molecule has 0 amide bonds. The number of nitrogens with two attached hydrogens (primary N) is 2. The summed E-state index contributed by atoms with van der Waals surface area (Å²) >= 11 is 0. The Morgan fingerprint density at radius 2 is 0.900 bits per heavy atom. The standard InChI is InChI=1S/2C4H7NO4.2Fe/c2*5-2(4(8)9)1-3(6)7;;/h2*2H,1,5H2,(H,6,7)(H,8,9);;/q;;2*+2/p-4/t2*2-;;/m00../s1. The fourth-order valence-corrected chi connectivity index (χ4v) is 0.526. The van der Waals surface area contributed by atoms with E-state index in [0.29, 0.717) is 0 Å². The second-order valence-corrected chi connectivity index (χ2v) is 3.00. The molecule has 0 unspecified atom stereocenters. The SMILES string of the molecule is N[C@@H](CC(=O)[O-])C(=O)[O-].N[C@@H](CC(=O)[O-])C(=O)[O-].[Fe+2].[Fe+2]. The molecule has 10 nitrogen and oxygen atoms in total. The first-order chi connectivity index (χ1) is 8.07. The third kappa shape index (κ3) is 19.2. The molecule has 0 fully saturated rings. The predicted octanol–water partition coefficient (Wildman–Crippen LogP) is -7.60. The first-order valence-electron chi connectivity index (χ1n) is 4.40. The molecule has 116 valence electrons. The van der Waals surface area contributed by atoms with Gasteiger partial charge in [-0.2, -0.15) is 0 Å². The Kier molecular flexibility index (Phi) is 19.4. The van der Waals surface area contributed by atoms with Crippen molar-refractivity contribution in [1.82, 2.24) is 0 Å². The van der Waals surface area contributed by atoms with E-state index in [1.54, 1.807) is 0 Å². The number of carboxylic acids is 4. The van der Waals surface area contributed by atoms with Crippen molar-refractivity contribution in [3.05, 3.63) is 0 Å². The van der Waals surface area contributed by atoms with Crippen LogP contribution < -0.4 is 31.9 Å². The maximum absolute atomic E-state index is 9.71. The molecule has 0 heterocycles. The number of carbonyl (C=O) groups is 4. The van der Waals surface area contributed by atoms with Crippen LogP contribution >= 0.6 is 0 Å². The Bertz CT molecular complexity index is 306. The Morgan fingerprint density at radius 3 is 0.950 bits per heavy atom. The minimum atomic E-state index is -1.58. The molecular formula is C8H10Fe2N2O8. The number of hydrogen-bond acceptors (Lipinski definition) is 10. The van der Waals surface area contributed by atoms with Gasteiger partial charge in [-0.3, -0.25) is 0 Å². The van der Waals surface area contributed by atoms with Gasteiger partial charge >= 0.3 is 34.1 Å². The molecule has 0 rings (SSSR count). The van der Waals surface area contributed by atoms with Crippen molar-refractivity contribution in [2.24, 2.45) is 11.5 Å². The van der Waals surface area contributed by atoms with Gasteiger partial charge in [-0.05, 0) is 0 Å². The summed E-state index contributed by atoms with van der Waals surface area (Å²) in [6, 6.07) is -2.93. The van der Waals surface area contributed by atoms with E-state index in [1.165, 1.54) is 0 Å². The summed E-state index contributed by atoms with van der Waals surface area (Å²) in [5.74, 6) is -6.16. The van der Waals surface area contributed by atoms with E-state index in [-0.39, 0.29) is 34.1 Å². The van der Waals surface area contributed by atoms with Gasteiger partial charge in [0.1, 0.15) is 0 Å². The summed E-state index contributed by atoms with van der Waals surface area (Å²) in [6.07, 6.45) is -1.41. The van der Waals surface area contributed by atoms with Crippen LogP contribution in [0.3, 0.4) is 0 Å². The molecule has 0 aliphatic heterocycles. The summed E-state index contributed by atoms with van der Waals surface area (Å²) < 4.78 is 0. The molecule has 0 saturated heterocycles. The monoisotopic (exact) mass is 374 g/mol. The minimum absolute atomic E-state index is 0. The fraction of sp³-hybridized carbons (Fsp3) is 0.500. The maximum Gasteiger partial charge on any atom is 2.00 e. The zero-order valence-electron chi connectivity index (χ0n) is 9.70. The van der Waals surface area contributed by atoms with E-state index in [9.17, 15) is 39.6 Å². The van der Waals surface area contributed by atoms with Crippen molar-refractivity contribution in [1.29, 1.82) is 0 Å². The van der Waals surface area contributed by atoms with Gasteiger partial charge in [-0.25, -0.2) is 0 Å². The van der Waals surface area contributed by atoms with Gasteiger partial charge in [0, 0.05) is 36.9 Å². The summed E-state index contributed by atoms with van der Waals surface area (Å²) in [7, 11) is 0. The Balaban J connectivity index is -0.000000116. The van der Waals surface area contributed by atoms with Crippen molar-refractivity contribution < 1.29 is 73.7 Å². The molecule has 0 aromatic rings. The third-order valence-corrected chi connectivity index (χ3v) is 1.38. The van der Waals surface area contributed by atoms with Gasteiger partial charge < -0.3 is 51.1 Å².